The van der Waals surface area contributed by atoms with Crippen molar-refractivity contribution in [1.29, 1.82) is 0 Å². The van der Waals surface area contributed by atoms with E-state index in [1.54, 1.807) is 11.8 Å². The van der Waals surface area contributed by atoms with Crippen molar-refractivity contribution in [3.63, 3.8) is 0 Å². The summed E-state index contributed by atoms with van der Waals surface area (Å²) in [5, 5.41) is 0. The highest BCUT2D eigenvalue weighted by molar-refractivity contribution is 8.00. The Morgan fingerprint density at radius 3 is 2.57 bits per heavy atom. The third kappa shape index (κ3) is 4.45. The van der Waals surface area contributed by atoms with Crippen molar-refractivity contribution in [3.05, 3.63) is 53.1 Å². The van der Waals surface area contributed by atoms with Gasteiger partial charge in [0.25, 0.3) is 0 Å². The van der Waals surface area contributed by atoms with Crippen LogP contribution in [0.4, 0.5) is 0 Å². The third-order valence-corrected chi connectivity index (χ3v) is 6.41. The fourth-order valence-electron chi connectivity index (χ4n) is 3.64. The van der Waals surface area contributed by atoms with E-state index in [9.17, 15) is 4.79 Å². The molecule has 0 aliphatic carbocycles. The first-order valence-electron chi connectivity index (χ1n) is 9.67. The molecule has 0 atom stereocenters. The van der Waals surface area contributed by atoms with E-state index in [-0.39, 0.29) is 5.91 Å². The van der Waals surface area contributed by atoms with E-state index in [0.717, 1.165) is 44.2 Å². The number of hydrogen-bond acceptors (Lipinski definition) is 5. The van der Waals surface area contributed by atoms with Gasteiger partial charge in [0.05, 0.1) is 5.75 Å². The van der Waals surface area contributed by atoms with Crippen LogP contribution in [0.5, 0.6) is 11.5 Å². The maximum Gasteiger partial charge on any atom is 0.233 e. The minimum absolute atomic E-state index is 0.229. The lowest BCUT2D eigenvalue weighted by molar-refractivity contribution is -0.130. The fourth-order valence-corrected chi connectivity index (χ4v) is 4.56. The fraction of sp³-hybridized carbons (Fsp3) is 0.409. The van der Waals surface area contributed by atoms with Crippen LogP contribution >= 0.6 is 11.8 Å². The van der Waals surface area contributed by atoms with Crippen LogP contribution < -0.4 is 9.47 Å². The average Bonchev–Trinajstić information content (AvgIpc) is 3.15. The Balaban J connectivity index is 1.25. The quantitative estimate of drug-likeness (QED) is 0.722. The van der Waals surface area contributed by atoms with Crippen LogP contribution in [0.25, 0.3) is 0 Å². The van der Waals surface area contributed by atoms with Crippen LogP contribution in [-0.4, -0.2) is 54.4 Å². The van der Waals surface area contributed by atoms with E-state index in [1.165, 1.54) is 21.6 Å². The number of hydrogen-bond donors (Lipinski definition) is 0. The van der Waals surface area contributed by atoms with Gasteiger partial charge < -0.3 is 14.4 Å². The maximum absolute atomic E-state index is 12.6. The molecular weight excluding hydrogens is 372 g/mol. The Bertz CT molecular complexity index is 863. The molecule has 2 aliphatic heterocycles. The summed E-state index contributed by atoms with van der Waals surface area (Å²) < 4.78 is 10.8. The Morgan fingerprint density at radius 1 is 1.00 bits per heavy atom. The van der Waals surface area contributed by atoms with Crippen LogP contribution in [-0.2, 0) is 11.3 Å². The zero-order chi connectivity index (χ0) is 19.5. The Labute approximate surface area is 170 Å². The van der Waals surface area contributed by atoms with E-state index in [1.807, 2.05) is 11.0 Å². The first-order chi connectivity index (χ1) is 13.6. The minimum atomic E-state index is 0.229. The lowest BCUT2D eigenvalue weighted by Gasteiger charge is -2.34. The van der Waals surface area contributed by atoms with E-state index in [4.69, 9.17) is 9.47 Å². The van der Waals surface area contributed by atoms with Gasteiger partial charge in [-0.3, -0.25) is 9.69 Å². The van der Waals surface area contributed by atoms with Gasteiger partial charge in [-0.1, -0.05) is 23.8 Å². The van der Waals surface area contributed by atoms with Crippen molar-refractivity contribution in [3.8, 4) is 11.5 Å². The maximum atomic E-state index is 12.6. The number of carbonyl (C=O) groups excluding carboxylic acids is 1. The van der Waals surface area contributed by atoms with Gasteiger partial charge >= 0.3 is 0 Å². The molecule has 6 heteroatoms. The summed E-state index contributed by atoms with van der Waals surface area (Å²) in [4.78, 5) is 18.2. The average molecular weight is 399 g/mol. The van der Waals surface area contributed by atoms with Crippen LogP contribution in [0.2, 0.25) is 0 Å². The molecule has 1 amide bonds. The second-order valence-electron chi connectivity index (χ2n) is 7.40. The molecule has 148 valence electrons. The van der Waals surface area contributed by atoms with Crippen LogP contribution in [0.1, 0.15) is 16.7 Å². The molecule has 0 unspecified atom stereocenters. The van der Waals surface area contributed by atoms with Crippen LogP contribution in [0, 0.1) is 13.8 Å². The number of ether oxygens (including phenoxy) is 2. The van der Waals surface area contributed by atoms with Crippen molar-refractivity contribution in [2.45, 2.75) is 25.3 Å². The standard InChI is InChI=1S/C22H26N2O3S/c1-16-3-6-21(17(2)11-16)28-14-22(25)24-9-7-23(8-10-24)13-18-4-5-19-20(12-18)27-15-26-19/h3-6,11-12H,7-10,13-15H2,1-2H3. The van der Waals surface area contributed by atoms with E-state index in [0.29, 0.717) is 12.5 Å². The van der Waals surface area contributed by atoms with Gasteiger partial charge in [-0.2, -0.15) is 0 Å². The number of rotatable bonds is 5. The van der Waals surface area contributed by atoms with Gasteiger partial charge in [0.2, 0.25) is 12.7 Å². The largest absolute Gasteiger partial charge is 0.454 e. The van der Waals surface area contributed by atoms with Crippen LogP contribution in [0.3, 0.4) is 0 Å². The molecule has 2 heterocycles. The van der Waals surface area contributed by atoms with Gasteiger partial charge in [0, 0.05) is 37.6 Å². The lowest BCUT2D eigenvalue weighted by atomic mass is 10.1. The first kappa shape index (κ1) is 19.2. The van der Waals surface area contributed by atoms with Crippen molar-refractivity contribution < 1.29 is 14.3 Å². The second-order valence-corrected chi connectivity index (χ2v) is 8.42. The highest BCUT2D eigenvalue weighted by Gasteiger charge is 2.22. The summed E-state index contributed by atoms with van der Waals surface area (Å²) >= 11 is 1.64. The Morgan fingerprint density at radius 2 is 1.79 bits per heavy atom. The van der Waals surface area contributed by atoms with Crippen molar-refractivity contribution in [2.75, 3.05) is 38.7 Å². The Hall–Kier alpha value is -2.18. The molecule has 28 heavy (non-hydrogen) atoms. The summed E-state index contributed by atoms with van der Waals surface area (Å²) in [5.74, 6) is 2.38. The predicted octanol–water partition coefficient (Wildman–Crippen LogP) is 3.47. The number of fused-ring (bicyclic) bond motifs is 1. The Kier molecular flexibility index (Phi) is 5.78. The zero-order valence-corrected chi connectivity index (χ0v) is 17.3. The van der Waals surface area contributed by atoms with Gasteiger partial charge in [-0.25, -0.2) is 0 Å². The second kappa shape index (κ2) is 8.45. The molecule has 2 aliphatic rings. The minimum Gasteiger partial charge on any atom is -0.454 e. The monoisotopic (exact) mass is 398 g/mol. The van der Waals surface area contributed by atoms with E-state index < -0.39 is 0 Å². The van der Waals surface area contributed by atoms with Gasteiger partial charge in [-0.05, 0) is 43.2 Å². The predicted molar refractivity (Wildman–Crippen MR) is 111 cm³/mol. The number of carbonyl (C=O) groups is 1. The molecule has 0 bridgehead atoms. The zero-order valence-electron chi connectivity index (χ0n) is 16.4. The van der Waals surface area contributed by atoms with Gasteiger partial charge in [0.1, 0.15) is 0 Å². The molecule has 0 spiro atoms. The molecule has 2 aromatic carbocycles. The molecule has 0 saturated carbocycles. The molecule has 4 rings (SSSR count). The van der Waals surface area contributed by atoms with Gasteiger partial charge in [0.15, 0.2) is 11.5 Å². The van der Waals surface area contributed by atoms with Crippen molar-refractivity contribution in [1.82, 2.24) is 9.80 Å². The molecule has 0 aromatic heterocycles. The van der Waals surface area contributed by atoms with Gasteiger partial charge in [-0.15, -0.1) is 11.8 Å². The SMILES string of the molecule is Cc1ccc(SCC(=O)N2CCN(Cc3ccc4c(c3)OCO4)CC2)c(C)c1. The number of thioether (sulfide) groups is 1. The smallest absolute Gasteiger partial charge is 0.233 e. The normalized spacial score (nSPS) is 16.4. The summed E-state index contributed by atoms with van der Waals surface area (Å²) in [6.45, 7) is 8.75. The number of aryl methyl sites for hydroxylation is 2. The first-order valence-corrected chi connectivity index (χ1v) is 10.7. The molecule has 2 aromatic rings. The number of amides is 1. The third-order valence-electron chi connectivity index (χ3n) is 5.25. The highest BCUT2D eigenvalue weighted by Crippen LogP contribution is 2.33. The molecule has 1 fully saturated rings. The molecule has 0 N–H and O–H groups in total. The highest BCUT2D eigenvalue weighted by atomic mass is 32.2. The van der Waals surface area contributed by atoms with Crippen molar-refractivity contribution in [2.24, 2.45) is 0 Å². The summed E-state index contributed by atoms with van der Waals surface area (Å²) in [5.41, 5.74) is 3.72. The number of piperazine rings is 1. The molecular formula is C22H26N2O3S. The summed E-state index contributed by atoms with van der Waals surface area (Å²) in [6, 6.07) is 12.5. The number of benzene rings is 2. The summed E-state index contributed by atoms with van der Waals surface area (Å²) in [6.07, 6.45) is 0. The molecule has 0 radical (unpaired) electrons. The summed E-state index contributed by atoms with van der Waals surface area (Å²) in [7, 11) is 0. The topological polar surface area (TPSA) is 42.0 Å². The van der Waals surface area contributed by atoms with E-state index >= 15 is 0 Å². The lowest BCUT2D eigenvalue weighted by Crippen LogP contribution is -2.48. The van der Waals surface area contributed by atoms with Crippen LogP contribution in [0.15, 0.2) is 41.3 Å². The number of nitrogens with zero attached hydrogens (tertiary/aromatic N) is 2. The molecule has 1 saturated heterocycles. The van der Waals surface area contributed by atoms with E-state index in [2.05, 4.69) is 49.1 Å². The van der Waals surface area contributed by atoms with Crippen molar-refractivity contribution >= 4 is 17.7 Å². The molecule has 5 nitrogen and oxygen atoms in total.